The van der Waals surface area contributed by atoms with Crippen LogP contribution >= 0.6 is 0 Å². The lowest BCUT2D eigenvalue weighted by Gasteiger charge is -2.18. The van der Waals surface area contributed by atoms with Crippen molar-refractivity contribution in [2.75, 3.05) is 0 Å². The highest BCUT2D eigenvalue weighted by Crippen LogP contribution is 2.46. The van der Waals surface area contributed by atoms with E-state index in [9.17, 15) is 10.5 Å². The van der Waals surface area contributed by atoms with E-state index in [2.05, 4.69) is 154 Å². The van der Waals surface area contributed by atoms with E-state index in [-0.39, 0.29) is 0 Å². The highest BCUT2D eigenvalue weighted by molar-refractivity contribution is 6.18. The molecule has 0 saturated heterocycles. The SMILES string of the molecule is N#Cc1cccc(-n2c3ccccc3c3c(-c4ccccc4-c4ccccc4-c4cccc5c6cc(C#N)ccc6n(C6=C=C=CCC6)c45)cccc32)c1. The summed E-state index contributed by atoms with van der Waals surface area (Å²) in [5.41, 5.74) is 21.1. The van der Waals surface area contributed by atoms with Gasteiger partial charge in [0.25, 0.3) is 0 Å². The molecule has 9 aromatic rings. The number of benzene rings is 7. The van der Waals surface area contributed by atoms with E-state index < -0.39 is 0 Å². The smallest absolute Gasteiger partial charge is 0.0992 e. The number of aromatic nitrogens is 2. The summed E-state index contributed by atoms with van der Waals surface area (Å²) < 4.78 is 4.60. The van der Waals surface area contributed by atoms with Crippen LogP contribution in [-0.4, -0.2) is 9.13 Å². The van der Waals surface area contributed by atoms with Gasteiger partial charge in [0.2, 0.25) is 0 Å². The van der Waals surface area contributed by atoms with Gasteiger partial charge in [0.1, 0.15) is 0 Å². The van der Waals surface area contributed by atoms with Gasteiger partial charge in [0, 0.05) is 39.2 Å². The fourth-order valence-electron chi connectivity index (χ4n) is 8.42. The molecule has 0 atom stereocenters. The average Bonchev–Trinajstić information content (AvgIpc) is 3.77. The fraction of sp³-hybridized carbons (Fsp3) is 0.0400. The number of hydrogen-bond acceptors (Lipinski definition) is 2. The second-order valence-electron chi connectivity index (χ2n) is 13.6. The van der Waals surface area contributed by atoms with Crippen LogP contribution < -0.4 is 0 Å². The zero-order valence-corrected chi connectivity index (χ0v) is 29.2. The lowest BCUT2D eigenvalue weighted by Crippen LogP contribution is -1.99. The monoisotopic (exact) mass is 686 g/mol. The summed E-state index contributed by atoms with van der Waals surface area (Å²) in [5, 5.41) is 24.1. The van der Waals surface area contributed by atoms with Gasteiger partial charge in [-0.25, -0.2) is 0 Å². The quantitative estimate of drug-likeness (QED) is 0.169. The van der Waals surface area contributed by atoms with Gasteiger partial charge in [-0.2, -0.15) is 10.5 Å². The molecule has 1 aliphatic rings. The molecule has 0 amide bonds. The fourth-order valence-corrected chi connectivity index (χ4v) is 8.42. The first-order valence-electron chi connectivity index (χ1n) is 18.1. The maximum Gasteiger partial charge on any atom is 0.0992 e. The molecule has 2 aromatic heterocycles. The second-order valence-corrected chi connectivity index (χ2v) is 13.6. The van der Waals surface area contributed by atoms with Crippen LogP contribution in [-0.2, 0) is 0 Å². The summed E-state index contributed by atoms with van der Waals surface area (Å²) in [7, 11) is 0. The molecule has 54 heavy (non-hydrogen) atoms. The number of nitriles is 2. The largest absolute Gasteiger partial charge is 0.309 e. The van der Waals surface area contributed by atoms with Crippen LogP contribution in [0, 0.1) is 22.7 Å². The van der Waals surface area contributed by atoms with E-state index in [0.29, 0.717) is 11.1 Å². The number of nitrogens with zero attached hydrogens (tertiary/aromatic N) is 4. The van der Waals surface area contributed by atoms with Gasteiger partial charge in [-0.3, -0.25) is 0 Å². The van der Waals surface area contributed by atoms with E-state index in [4.69, 9.17) is 0 Å². The highest BCUT2D eigenvalue weighted by atomic mass is 15.0. The van der Waals surface area contributed by atoms with Crippen LogP contribution in [0.2, 0.25) is 0 Å². The molecular weight excluding hydrogens is 657 g/mol. The van der Waals surface area contributed by atoms with Crippen molar-refractivity contribution in [1.82, 2.24) is 9.13 Å². The summed E-state index contributed by atoms with van der Waals surface area (Å²) >= 11 is 0. The molecule has 250 valence electrons. The van der Waals surface area contributed by atoms with Crippen LogP contribution in [0.4, 0.5) is 0 Å². The minimum absolute atomic E-state index is 0.628. The summed E-state index contributed by atoms with van der Waals surface area (Å²) in [6.45, 7) is 0. The van der Waals surface area contributed by atoms with Crippen LogP contribution in [0.15, 0.2) is 169 Å². The molecule has 0 unspecified atom stereocenters. The molecule has 4 nitrogen and oxygen atoms in total. The Morgan fingerprint density at radius 1 is 0.481 bits per heavy atom. The van der Waals surface area contributed by atoms with Crippen molar-refractivity contribution in [3.05, 3.63) is 180 Å². The van der Waals surface area contributed by atoms with Crippen LogP contribution in [0.1, 0.15) is 24.0 Å². The van der Waals surface area contributed by atoms with Crippen molar-refractivity contribution >= 4 is 49.3 Å². The van der Waals surface area contributed by atoms with E-state index in [1.165, 1.54) is 5.39 Å². The van der Waals surface area contributed by atoms with Crippen molar-refractivity contribution in [2.24, 2.45) is 0 Å². The molecule has 4 heteroatoms. The maximum absolute atomic E-state index is 9.84. The molecule has 0 bridgehead atoms. The molecule has 0 saturated carbocycles. The first kappa shape index (κ1) is 31.2. The molecule has 0 fully saturated rings. The molecule has 0 spiro atoms. The summed E-state index contributed by atoms with van der Waals surface area (Å²) in [4.78, 5) is 0. The van der Waals surface area contributed by atoms with Crippen LogP contribution in [0.3, 0.4) is 0 Å². The number of fused-ring (bicyclic) bond motifs is 6. The van der Waals surface area contributed by atoms with Crippen molar-refractivity contribution in [1.29, 1.82) is 10.5 Å². The van der Waals surface area contributed by atoms with Gasteiger partial charge >= 0.3 is 0 Å². The number of rotatable bonds is 5. The Balaban J connectivity index is 1.25. The Labute approximate surface area is 312 Å². The Morgan fingerprint density at radius 2 is 1.07 bits per heavy atom. The number of hydrogen-bond donors (Lipinski definition) is 0. The Morgan fingerprint density at radius 3 is 1.83 bits per heavy atom. The zero-order valence-electron chi connectivity index (χ0n) is 29.2. The first-order chi connectivity index (χ1) is 26.7. The minimum atomic E-state index is 0.628. The summed E-state index contributed by atoms with van der Waals surface area (Å²) in [6, 6.07) is 57.5. The predicted octanol–water partition coefficient (Wildman–Crippen LogP) is 12.6. The zero-order chi connectivity index (χ0) is 36.2. The van der Waals surface area contributed by atoms with Crippen molar-refractivity contribution in [3.63, 3.8) is 0 Å². The Bertz CT molecular complexity index is 3210. The summed E-state index contributed by atoms with van der Waals surface area (Å²) in [5.74, 6) is 0. The van der Waals surface area contributed by atoms with Gasteiger partial charge < -0.3 is 9.13 Å². The minimum Gasteiger partial charge on any atom is -0.309 e. The average molecular weight is 687 g/mol. The van der Waals surface area contributed by atoms with Gasteiger partial charge in [0.15, 0.2) is 0 Å². The van der Waals surface area contributed by atoms with Gasteiger partial charge in [-0.05, 0) is 94.6 Å². The number of para-hydroxylation sites is 2. The van der Waals surface area contributed by atoms with E-state index >= 15 is 0 Å². The lowest BCUT2D eigenvalue weighted by molar-refractivity contribution is 0.988. The topological polar surface area (TPSA) is 57.4 Å². The summed E-state index contributed by atoms with van der Waals surface area (Å²) in [6.07, 6.45) is 3.79. The molecule has 0 N–H and O–H groups in total. The van der Waals surface area contributed by atoms with E-state index in [1.54, 1.807) is 0 Å². The third-order valence-corrected chi connectivity index (χ3v) is 10.7. The normalized spacial score (nSPS) is 12.4. The molecule has 0 radical (unpaired) electrons. The van der Waals surface area contributed by atoms with Crippen LogP contribution in [0.5, 0.6) is 0 Å². The van der Waals surface area contributed by atoms with Crippen molar-refractivity contribution in [2.45, 2.75) is 12.8 Å². The van der Waals surface area contributed by atoms with Crippen LogP contribution in [0.25, 0.3) is 88.4 Å². The van der Waals surface area contributed by atoms with Gasteiger partial charge in [0.05, 0.1) is 51.0 Å². The molecule has 7 aromatic carbocycles. The predicted molar refractivity (Wildman–Crippen MR) is 220 cm³/mol. The molecule has 10 rings (SSSR count). The third kappa shape index (κ3) is 4.78. The first-order valence-corrected chi connectivity index (χ1v) is 18.1. The maximum atomic E-state index is 9.84. The van der Waals surface area contributed by atoms with E-state index in [1.807, 2.05) is 36.4 Å². The lowest BCUT2D eigenvalue weighted by atomic mass is 9.87. The van der Waals surface area contributed by atoms with E-state index in [0.717, 1.165) is 95.8 Å². The standard InChI is InChI=1S/C50H30N4/c51-31-33-13-10-16-36(29-33)53-46-25-9-8-21-44(46)49-41(22-12-26-48(49)53)39-19-6-4-17-37(39)38-18-5-7-20-40(38)42-23-11-24-43-45-30-34(32-52)27-28-47(45)54(50(42)43)35-14-2-1-3-15-35/h1,4-13,16-30H,2,14H2. The number of allylic oxidation sites excluding steroid dienone is 2. The van der Waals surface area contributed by atoms with Crippen molar-refractivity contribution in [3.8, 4) is 51.2 Å². The van der Waals surface area contributed by atoms with Gasteiger partial charge in [-0.15, -0.1) is 0 Å². The molecule has 0 aliphatic heterocycles. The highest BCUT2D eigenvalue weighted by Gasteiger charge is 2.22. The second kappa shape index (κ2) is 12.6. The Kier molecular flexibility index (Phi) is 7.26. The molecular formula is C50H30N4. The Hall–Kier alpha value is -7.58. The van der Waals surface area contributed by atoms with Crippen molar-refractivity contribution < 1.29 is 0 Å². The molecule has 2 heterocycles. The molecule has 1 aliphatic carbocycles. The van der Waals surface area contributed by atoms with Gasteiger partial charge in [-0.1, -0.05) is 109 Å². The third-order valence-electron chi connectivity index (χ3n) is 10.7.